The fourth-order valence-electron chi connectivity index (χ4n) is 1.86. The number of carbonyl (C=O) groups excluding carboxylic acids is 2. The number of likely N-dealkylation sites (tertiary alicyclic amines) is 1. The Morgan fingerprint density at radius 3 is 2.76 bits per heavy atom. The molecule has 1 heterocycles. The van der Waals surface area contributed by atoms with Gasteiger partial charge >= 0.3 is 12.0 Å². The number of nitrogens with one attached hydrogen (secondary N) is 2. The number of rotatable bonds is 5. The van der Waals surface area contributed by atoms with E-state index in [-0.39, 0.29) is 12.6 Å². The van der Waals surface area contributed by atoms with Crippen LogP contribution in [0.3, 0.4) is 0 Å². The molecule has 1 saturated heterocycles. The van der Waals surface area contributed by atoms with E-state index in [1.807, 2.05) is 0 Å². The van der Waals surface area contributed by atoms with Gasteiger partial charge in [0, 0.05) is 13.1 Å². The molecule has 0 aromatic carbocycles. The van der Waals surface area contributed by atoms with Crippen LogP contribution >= 0.6 is 0 Å². The van der Waals surface area contributed by atoms with E-state index >= 15 is 0 Å². The third kappa shape index (κ3) is 5.53. The average molecular weight is 243 g/mol. The first kappa shape index (κ1) is 13.8. The summed E-state index contributed by atoms with van der Waals surface area (Å²) in [5.41, 5.74) is 0. The molecular weight excluding hydrogens is 222 g/mol. The fraction of sp³-hybridized carbons (Fsp3) is 0.818. The molecule has 6 nitrogen and oxygen atoms in total. The molecule has 0 aliphatic carbocycles. The van der Waals surface area contributed by atoms with Crippen molar-refractivity contribution in [1.29, 1.82) is 0 Å². The average Bonchev–Trinajstić information content (AvgIpc) is 2.70. The van der Waals surface area contributed by atoms with E-state index in [4.69, 9.17) is 4.74 Å². The molecule has 2 N–H and O–H groups in total. The third-order valence-electron chi connectivity index (χ3n) is 2.74. The Balaban J connectivity index is 2.07. The summed E-state index contributed by atoms with van der Waals surface area (Å²) < 4.78 is 4.70. The van der Waals surface area contributed by atoms with Crippen LogP contribution in [-0.2, 0) is 9.53 Å². The largest absolute Gasteiger partial charge is 0.465 e. The zero-order valence-corrected chi connectivity index (χ0v) is 10.5. The molecule has 1 rings (SSSR count). The molecule has 1 atom stereocenters. The Labute approximate surface area is 102 Å². The molecule has 1 unspecified atom stereocenters. The molecule has 1 aliphatic heterocycles. The standard InChI is InChI=1S/C11H21N3O3/c1-3-17-10(15)7-13-11(16)12-6-9-4-5-14(2)8-9/h9H,3-8H2,1-2H3,(H2,12,13,16). The zero-order chi connectivity index (χ0) is 12.7. The molecule has 0 spiro atoms. The van der Waals surface area contributed by atoms with E-state index in [1.165, 1.54) is 0 Å². The predicted octanol–water partition coefficient (Wildman–Crippen LogP) is -0.200. The van der Waals surface area contributed by atoms with Crippen LogP contribution in [0.25, 0.3) is 0 Å². The van der Waals surface area contributed by atoms with Gasteiger partial charge in [0.15, 0.2) is 0 Å². The summed E-state index contributed by atoms with van der Waals surface area (Å²) in [5.74, 6) is 0.0941. The summed E-state index contributed by atoms with van der Waals surface area (Å²) in [6.45, 7) is 4.73. The van der Waals surface area contributed by atoms with Gasteiger partial charge in [-0.2, -0.15) is 0 Å². The number of esters is 1. The van der Waals surface area contributed by atoms with Crippen molar-refractivity contribution < 1.29 is 14.3 Å². The molecule has 0 bridgehead atoms. The van der Waals surface area contributed by atoms with Gasteiger partial charge in [-0.3, -0.25) is 4.79 Å². The SMILES string of the molecule is CCOC(=O)CNC(=O)NCC1CCN(C)C1. The lowest BCUT2D eigenvalue weighted by molar-refractivity contribution is -0.141. The smallest absolute Gasteiger partial charge is 0.325 e. The number of hydrogen-bond acceptors (Lipinski definition) is 4. The van der Waals surface area contributed by atoms with Crippen LogP contribution in [0.15, 0.2) is 0 Å². The molecular formula is C11H21N3O3. The van der Waals surface area contributed by atoms with E-state index in [0.717, 1.165) is 19.5 Å². The Hall–Kier alpha value is -1.30. The Bertz CT molecular complexity index is 271. The van der Waals surface area contributed by atoms with Gasteiger partial charge in [-0.15, -0.1) is 0 Å². The fourth-order valence-corrected chi connectivity index (χ4v) is 1.86. The van der Waals surface area contributed by atoms with Crippen molar-refractivity contribution in [2.24, 2.45) is 5.92 Å². The van der Waals surface area contributed by atoms with E-state index in [0.29, 0.717) is 19.1 Å². The Kier molecular flexibility index (Phi) is 5.76. The lowest BCUT2D eigenvalue weighted by Crippen LogP contribution is -2.41. The molecule has 1 fully saturated rings. The highest BCUT2D eigenvalue weighted by Gasteiger charge is 2.19. The van der Waals surface area contributed by atoms with Crippen LogP contribution in [0.4, 0.5) is 4.79 Å². The van der Waals surface area contributed by atoms with Crippen molar-refractivity contribution in [1.82, 2.24) is 15.5 Å². The maximum atomic E-state index is 11.3. The second kappa shape index (κ2) is 7.11. The monoisotopic (exact) mass is 243 g/mol. The lowest BCUT2D eigenvalue weighted by atomic mass is 10.1. The Morgan fingerprint density at radius 2 is 2.18 bits per heavy atom. The van der Waals surface area contributed by atoms with Crippen molar-refractivity contribution in [2.45, 2.75) is 13.3 Å². The first-order chi connectivity index (χ1) is 8.11. The number of carbonyl (C=O) groups is 2. The van der Waals surface area contributed by atoms with Gasteiger partial charge in [-0.1, -0.05) is 0 Å². The van der Waals surface area contributed by atoms with Crippen molar-refractivity contribution in [3.8, 4) is 0 Å². The first-order valence-corrected chi connectivity index (χ1v) is 5.97. The van der Waals surface area contributed by atoms with Crippen molar-refractivity contribution in [3.63, 3.8) is 0 Å². The highest BCUT2D eigenvalue weighted by molar-refractivity contribution is 5.80. The van der Waals surface area contributed by atoms with Gasteiger partial charge in [0.1, 0.15) is 6.54 Å². The minimum Gasteiger partial charge on any atom is -0.465 e. The van der Waals surface area contributed by atoms with E-state index < -0.39 is 5.97 Å². The number of nitrogens with zero attached hydrogens (tertiary/aromatic N) is 1. The van der Waals surface area contributed by atoms with Crippen molar-refractivity contribution in [3.05, 3.63) is 0 Å². The summed E-state index contributed by atoms with van der Waals surface area (Å²) in [4.78, 5) is 24.6. The molecule has 1 aliphatic rings. The molecule has 98 valence electrons. The van der Waals surface area contributed by atoms with Gasteiger partial charge < -0.3 is 20.3 Å². The molecule has 0 radical (unpaired) electrons. The summed E-state index contributed by atoms with van der Waals surface area (Å²) in [6.07, 6.45) is 1.11. The van der Waals surface area contributed by atoms with Crippen LogP contribution in [-0.4, -0.2) is 56.7 Å². The second-order valence-electron chi connectivity index (χ2n) is 4.29. The molecule has 0 saturated carbocycles. The molecule has 17 heavy (non-hydrogen) atoms. The van der Waals surface area contributed by atoms with Gasteiger partial charge in [0.05, 0.1) is 6.61 Å². The number of urea groups is 1. The van der Waals surface area contributed by atoms with E-state index in [2.05, 4.69) is 22.6 Å². The van der Waals surface area contributed by atoms with Gasteiger partial charge in [-0.05, 0) is 32.9 Å². The zero-order valence-electron chi connectivity index (χ0n) is 10.5. The van der Waals surface area contributed by atoms with Gasteiger partial charge in [-0.25, -0.2) is 4.79 Å². The normalized spacial score (nSPS) is 20.0. The third-order valence-corrected chi connectivity index (χ3v) is 2.74. The maximum absolute atomic E-state index is 11.3. The summed E-state index contributed by atoms with van der Waals surface area (Å²) in [7, 11) is 2.07. The summed E-state index contributed by atoms with van der Waals surface area (Å²) in [5, 5.41) is 5.22. The molecule has 0 aromatic rings. The number of hydrogen-bond donors (Lipinski definition) is 2. The van der Waals surface area contributed by atoms with Crippen LogP contribution in [0.2, 0.25) is 0 Å². The topological polar surface area (TPSA) is 70.7 Å². The second-order valence-corrected chi connectivity index (χ2v) is 4.29. The predicted molar refractivity (Wildman–Crippen MR) is 63.6 cm³/mol. The number of ether oxygens (including phenoxy) is 1. The Morgan fingerprint density at radius 1 is 1.41 bits per heavy atom. The van der Waals surface area contributed by atoms with E-state index in [9.17, 15) is 9.59 Å². The van der Waals surface area contributed by atoms with Crippen LogP contribution in [0, 0.1) is 5.92 Å². The number of amides is 2. The molecule has 6 heteroatoms. The first-order valence-electron chi connectivity index (χ1n) is 5.97. The molecule has 0 aromatic heterocycles. The van der Waals surface area contributed by atoms with Crippen molar-refractivity contribution >= 4 is 12.0 Å². The van der Waals surface area contributed by atoms with Crippen LogP contribution in [0.5, 0.6) is 0 Å². The maximum Gasteiger partial charge on any atom is 0.325 e. The quantitative estimate of drug-likeness (QED) is 0.656. The molecule has 2 amide bonds. The van der Waals surface area contributed by atoms with Crippen LogP contribution in [0.1, 0.15) is 13.3 Å². The van der Waals surface area contributed by atoms with Crippen molar-refractivity contribution in [2.75, 3.05) is 39.8 Å². The van der Waals surface area contributed by atoms with Crippen LogP contribution < -0.4 is 10.6 Å². The van der Waals surface area contributed by atoms with Gasteiger partial charge in [0.2, 0.25) is 0 Å². The minimum atomic E-state index is -0.414. The highest BCUT2D eigenvalue weighted by Crippen LogP contribution is 2.12. The highest BCUT2D eigenvalue weighted by atomic mass is 16.5. The van der Waals surface area contributed by atoms with E-state index in [1.54, 1.807) is 6.92 Å². The minimum absolute atomic E-state index is 0.0791. The summed E-state index contributed by atoms with van der Waals surface area (Å²) >= 11 is 0. The summed E-state index contributed by atoms with van der Waals surface area (Å²) in [6, 6.07) is -0.312. The van der Waals surface area contributed by atoms with Gasteiger partial charge in [0.25, 0.3) is 0 Å². The lowest BCUT2D eigenvalue weighted by Gasteiger charge is -2.12.